The first-order valence-electron chi connectivity index (χ1n) is 6.20. The number of nitrogens with zero attached hydrogens (tertiary/aromatic N) is 1. The van der Waals surface area contributed by atoms with Crippen molar-refractivity contribution in [2.75, 3.05) is 32.8 Å². The monoisotopic (exact) mass is 216 g/mol. The van der Waals surface area contributed by atoms with Crippen molar-refractivity contribution in [2.45, 2.75) is 46.7 Å². The van der Waals surface area contributed by atoms with E-state index < -0.39 is 0 Å². The Balaban J connectivity index is 3.66. The van der Waals surface area contributed by atoms with Gasteiger partial charge in [0.25, 0.3) is 0 Å². The summed E-state index contributed by atoms with van der Waals surface area (Å²) in [4.78, 5) is 2.44. The third-order valence-electron chi connectivity index (χ3n) is 2.57. The van der Waals surface area contributed by atoms with Crippen molar-refractivity contribution in [3.63, 3.8) is 0 Å². The van der Waals surface area contributed by atoms with Crippen molar-refractivity contribution < 1.29 is 4.74 Å². The van der Waals surface area contributed by atoms with Crippen LogP contribution < -0.4 is 5.32 Å². The van der Waals surface area contributed by atoms with Crippen molar-refractivity contribution in [2.24, 2.45) is 0 Å². The molecule has 0 aromatic rings. The van der Waals surface area contributed by atoms with E-state index in [0.29, 0.717) is 12.1 Å². The van der Waals surface area contributed by atoms with Crippen LogP contribution in [0.1, 0.15) is 34.6 Å². The van der Waals surface area contributed by atoms with Crippen molar-refractivity contribution in [3.05, 3.63) is 0 Å². The Hall–Kier alpha value is -0.120. The van der Waals surface area contributed by atoms with Gasteiger partial charge in [0.05, 0.1) is 6.61 Å². The summed E-state index contributed by atoms with van der Waals surface area (Å²) >= 11 is 0. The van der Waals surface area contributed by atoms with Gasteiger partial charge in [0.1, 0.15) is 0 Å². The summed E-state index contributed by atoms with van der Waals surface area (Å²) < 4.78 is 5.38. The van der Waals surface area contributed by atoms with E-state index in [9.17, 15) is 0 Å². The Bertz CT molecular complexity index is 138. The van der Waals surface area contributed by atoms with Gasteiger partial charge in [-0.15, -0.1) is 0 Å². The Labute approximate surface area is 95.2 Å². The first-order chi connectivity index (χ1) is 7.13. The van der Waals surface area contributed by atoms with Crippen molar-refractivity contribution in [1.82, 2.24) is 10.2 Å². The zero-order valence-electron chi connectivity index (χ0n) is 11.0. The molecule has 3 nitrogen and oxygen atoms in total. The zero-order valence-corrected chi connectivity index (χ0v) is 11.0. The number of nitrogens with one attached hydrogen (secondary N) is 1. The largest absolute Gasteiger partial charge is 0.380 e. The van der Waals surface area contributed by atoms with E-state index in [4.69, 9.17) is 4.74 Å². The van der Waals surface area contributed by atoms with Crippen molar-refractivity contribution >= 4 is 0 Å². The average molecular weight is 216 g/mol. The maximum absolute atomic E-state index is 5.38. The minimum Gasteiger partial charge on any atom is -0.380 e. The van der Waals surface area contributed by atoms with E-state index >= 15 is 0 Å². The normalized spacial score (nSPS) is 15.6. The Kier molecular flexibility index (Phi) is 9.06. The van der Waals surface area contributed by atoms with Crippen LogP contribution in [0.4, 0.5) is 0 Å². The van der Waals surface area contributed by atoms with Crippen LogP contribution in [-0.2, 0) is 4.74 Å². The van der Waals surface area contributed by atoms with E-state index in [1.807, 2.05) is 6.92 Å². The second-order valence-corrected chi connectivity index (χ2v) is 4.11. The second-order valence-electron chi connectivity index (χ2n) is 4.11. The molecule has 0 saturated heterocycles. The Morgan fingerprint density at radius 2 is 1.67 bits per heavy atom. The van der Waals surface area contributed by atoms with Crippen LogP contribution in [0.15, 0.2) is 0 Å². The lowest BCUT2D eigenvalue weighted by Crippen LogP contribution is -2.44. The van der Waals surface area contributed by atoms with E-state index in [1.165, 1.54) is 0 Å². The molecule has 2 unspecified atom stereocenters. The van der Waals surface area contributed by atoms with E-state index in [0.717, 1.165) is 32.8 Å². The summed E-state index contributed by atoms with van der Waals surface area (Å²) in [6, 6.07) is 0.968. The molecule has 0 aliphatic rings. The smallest absolute Gasteiger partial charge is 0.0616 e. The molecule has 0 fully saturated rings. The van der Waals surface area contributed by atoms with Gasteiger partial charge in [0, 0.05) is 25.2 Å². The highest BCUT2D eigenvalue weighted by atomic mass is 16.5. The second kappa shape index (κ2) is 9.13. The number of hydrogen-bond acceptors (Lipinski definition) is 3. The summed E-state index contributed by atoms with van der Waals surface area (Å²) in [5.41, 5.74) is 0. The van der Waals surface area contributed by atoms with Gasteiger partial charge in [-0.3, -0.25) is 0 Å². The number of hydrogen-bond donors (Lipinski definition) is 1. The molecule has 0 aliphatic carbocycles. The van der Waals surface area contributed by atoms with Crippen LogP contribution in [0.25, 0.3) is 0 Å². The molecule has 0 spiro atoms. The topological polar surface area (TPSA) is 24.5 Å². The van der Waals surface area contributed by atoms with Gasteiger partial charge in [0.2, 0.25) is 0 Å². The van der Waals surface area contributed by atoms with Gasteiger partial charge in [-0.2, -0.15) is 0 Å². The quantitative estimate of drug-likeness (QED) is 0.635. The molecule has 0 aromatic carbocycles. The summed E-state index contributed by atoms with van der Waals surface area (Å²) in [5.74, 6) is 0. The maximum Gasteiger partial charge on any atom is 0.0616 e. The fourth-order valence-corrected chi connectivity index (χ4v) is 1.75. The van der Waals surface area contributed by atoms with E-state index in [2.05, 4.69) is 37.9 Å². The molecule has 3 heteroatoms. The van der Waals surface area contributed by atoms with E-state index in [-0.39, 0.29) is 0 Å². The lowest BCUT2D eigenvalue weighted by atomic mass is 10.2. The molecule has 92 valence electrons. The molecule has 0 aromatic heterocycles. The number of ether oxygens (including phenoxy) is 1. The van der Waals surface area contributed by atoms with Gasteiger partial charge in [0.15, 0.2) is 0 Å². The highest BCUT2D eigenvalue weighted by Crippen LogP contribution is 1.94. The third kappa shape index (κ3) is 7.77. The predicted molar refractivity (Wildman–Crippen MR) is 66.3 cm³/mol. The molecular weight excluding hydrogens is 188 g/mol. The molecule has 1 N–H and O–H groups in total. The minimum atomic E-state index is 0.440. The standard InChI is InChI=1S/C12H28N2O/c1-6-14(7-2)9-11(4)13-12(5)10-15-8-3/h11-13H,6-10H2,1-5H3. The van der Waals surface area contributed by atoms with Crippen LogP contribution in [-0.4, -0.2) is 49.8 Å². The number of likely N-dealkylation sites (N-methyl/N-ethyl adjacent to an activating group) is 1. The van der Waals surface area contributed by atoms with Gasteiger partial charge >= 0.3 is 0 Å². The molecule has 0 radical (unpaired) electrons. The number of rotatable bonds is 9. The first-order valence-corrected chi connectivity index (χ1v) is 6.20. The summed E-state index contributed by atoms with van der Waals surface area (Å²) in [5, 5.41) is 3.55. The van der Waals surface area contributed by atoms with Gasteiger partial charge < -0.3 is 15.0 Å². The Morgan fingerprint density at radius 1 is 1.07 bits per heavy atom. The molecule has 0 aliphatic heterocycles. The molecular formula is C12H28N2O. The van der Waals surface area contributed by atoms with E-state index in [1.54, 1.807) is 0 Å². The fraction of sp³-hybridized carbons (Fsp3) is 1.00. The van der Waals surface area contributed by atoms with Crippen LogP contribution in [0.2, 0.25) is 0 Å². The molecule has 2 atom stereocenters. The molecule has 0 rings (SSSR count). The highest BCUT2D eigenvalue weighted by Gasteiger charge is 2.09. The van der Waals surface area contributed by atoms with Gasteiger partial charge in [-0.05, 0) is 33.9 Å². The highest BCUT2D eigenvalue weighted by molar-refractivity contribution is 4.70. The van der Waals surface area contributed by atoms with Gasteiger partial charge in [-0.1, -0.05) is 13.8 Å². The van der Waals surface area contributed by atoms with Crippen LogP contribution in [0.3, 0.4) is 0 Å². The molecule has 0 amide bonds. The maximum atomic E-state index is 5.38. The summed E-state index contributed by atoms with van der Waals surface area (Å²) in [6.07, 6.45) is 0. The fourth-order valence-electron chi connectivity index (χ4n) is 1.75. The molecule has 0 heterocycles. The molecule has 15 heavy (non-hydrogen) atoms. The summed E-state index contributed by atoms with van der Waals surface area (Å²) in [6.45, 7) is 15.8. The van der Waals surface area contributed by atoms with Crippen LogP contribution in [0, 0.1) is 0 Å². The molecule has 0 bridgehead atoms. The first kappa shape index (κ1) is 14.9. The summed E-state index contributed by atoms with van der Waals surface area (Å²) in [7, 11) is 0. The van der Waals surface area contributed by atoms with Gasteiger partial charge in [-0.25, -0.2) is 0 Å². The third-order valence-corrected chi connectivity index (χ3v) is 2.57. The SMILES string of the molecule is CCOCC(C)NC(C)CN(CC)CC. The van der Waals surface area contributed by atoms with Crippen molar-refractivity contribution in [1.29, 1.82) is 0 Å². The average Bonchev–Trinajstić information content (AvgIpc) is 2.22. The predicted octanol–water partition coefficient (Wildman–Crippen LogP) is 1.73. The van der Waals surface area contributed by atoms with Crippen LogP contribution in [0.5, 0.6) is 0 Å². The van der Waals surface area contributed by atoms with Crippen LogP contribution >= 0.6 is 0 Å². The Morgan fingerprint density at radius 3 is 2.13 bits per heavy atom. The minimum absolute atomic E-state index is 0.440. The zero-order chi connectivity index (χ0) is 11.7. The van der Waals surface area contributed by atoms with Crippen molar-refractivity contribution in [3.8, 4) is 0 Å². The lowest BCUT2D eigenvalue weighted by Gasteiger charge is -2.26. The lowest BCUT2D eigenvalue weighted by molar-refractivity contribution is 0.121. The molecule has 0 saturated carbocycles.